The third-order valence-electron chi connectivity index (χ3n) is 12.9. The van der Waals surface area contributed by atoms with Crippen molar-refractivity contribution in [3.8, 4) is 11.5 Å². The summed E-state index contributed by atoms with van der Waals surface area (Å²) in [6.45, 7) is 6.04. The summed E-state index contributed by atoms with van der Waals surface area (Å²) in [4.78, 5) is 30.5. The molecule has 1 spiro atoms. The van der Waals surface area contributed by atoms with E-state index in [1.165, 1.54) is 43.2 Å². The van der Waals surface area contributed by atoms with Gasteiger partial charge >= 0.3 is 0 Å². The molecule has 57 heavy (non-hydrogen) atoms. The van der Waals surface area contributed by atoms with E-state index in [4.69, 9.17) is 33.3 Å². The number of carbonyl (C=O) groups is 1. The Morgan fingerprint density at radius 3 is 2.47 bits per heavy atom. The molecular weight excluding hydrogens is 758 g/mol. The molecule has 1 saturated heterocycles. The van der Waals surface area contributed by atoms with Gasteiger partial charge in [0.25, 0.3) is 0 Å². The first kappa shape index (κ1) is 39.6. The second-order valence-electron chi connectivity index (χ2n) is 16.1. The molecule has 2 aromatic heterocycles. The number of ether oxygens (including phenoxy) is 2. The van der Waals surface area contributed by atoms with Crippen LogP contribution in [0.2, 0.25) is 5.02 Å². The molecule has 0 unspecified atom stereocenters. The number of amides is 1. The van der Waals surface area contributed by atoms with Crippen molar-refractivity contribution in [3.63, 3.8) is 0 Å². The molecule has 304 valence electrons. The topological polar surface area (TPSA) is 113 Å². The molecule has 1 amide bonds. The van der Waals surface area contributed by atoms with Gasteiger partial charge in [0.2, 0.25) is 5.91 Å². The van der Waals surface area contributed by atoms with Crippen molar-refractivity contribution in [1.29, 1.82) is 0 Å². The Kier molecular flexibility index (Phi) is 12.3. The maximum atomic E-state index is 14.2. The number of nitrogens with zero attached hydrogens (tertiary/aromatic N) is 7. The highest BCUT2D eigenvalue weighted by molar-refractivity contribution is 7.80. The van der Waals surface area contributed by atoms with Crippen LogP contribution in [0.15, 0.2) is 48.9 Å². The molecule has 2 N–H and O–H groups in total. The van der Waals surface area contributed by atoms with Crippen LogP contribution in [0.3, 0.4) is 0 Å². The lowest BCUT2D eigenvalue weighted by Crippen LogP contribution is -2.55. The average molecular weight is 815 g/mol. The predicted molar refractivity (Wildman–Crippen MR) is 228 cm³/mol. The van der Waals surface area contributed by atoms with Gasteiger partial charge in [-0.15, -0.1) is 0 Å². The number of benzene rings is 2. The Labute approximate surface area is 346 Å². The second-order valence-corrected chi connectivity index (χ2v) is 17.0. The van der Waals surface area contributed by atoms with Crippen molar-refractivity contribution >= 4 is 51.7 Å². The van der Waals surface area contributed by atoms with Crippen LogP contribution in [0, 0.1) is 5.92 Å². The molecular formula is C43H56ClN9O3S. The standard InChI is InChI=1S/C43H56ClN9O3S/c1-55-37-25-31-15-20-52(19-8-18-45-42(57)49-33-10-4-3-5-11-33)43(35(31)26-38(37)56-2)16-13-30(14-17-43)41(54)51-23-21-50(22-24-51)39-34-27-48-53(40(34)47-29-46-39)28-32-9-6-7-12-36(32)44/h6-7,9,12,25-27,29-30,33H,3-5,8,10-11,13-24,28H2,1-2H3,(H2,45,49,57)/t30-,43-. The summed E-state index contributed by atoms with van der Waals surface area (Å²) in [7, 11) is 3.42. The van der Waals surface area contributed by atoms with E-state index in [-0.39, 0.29) is 17.4 Å². The minimum absolute atomic E-state index is 0.00764. The summed E-state index contributed by atoms with van der Waals surface area (Å²) in [6, 6.07) is 12.7. The monoisotopic (exact) mass is 813 g/mol. The minimum atomic E-state index is -0.155. The summed E-state index contributed by atoms with van der Waals surface area (Å²) in [6.07, 6.45) is 15.3. The van der Waals surface area contributed by atoms with Crippen LogP contribution in [-0.2, 0) is 23.3 Å². The zero-order valence-electron chi connectivity index (χ0n) is 33.3. The SMILES string of the molecule is COc1cc2c(cc1OC)[C@]1(CC[C@@H](C(=O)N3CCN(c4ncnc5c4cnn5Cc4ccccc4Cl)CC3)CC1)N(CCCNC(=S)NC1CCCCC1)CC2. The Hall–Kier alpha value is -4.20. The van der Waals surface area contributed by atoms with Crippen LogP contribution < -0.4 is 25.0 Å². The van der Waals surface area contributed by atoms with Crippen molar-refractivity contribution in [1.82, 2.24) is 40.2 Å². The van der Waals surface area contributed by atoms with E-state index in [0.717, 1.165) is 97.2 Å². The Morgan fingerprint density at radius 1 is 0.965 bits per heavy atom. The first-order valence-corrected chi connectivity index (χ1v) is 21.6. The number of anilines is 1. The van der Waals surface area contributed by atoms with Crippen molar-refractivity contribution in [2.75, 3.05) is 64.9 Å². The molecule has 14 heteroatoms. The zero-order valence-corrected chi connectivity index (χ0v) is 34.9. The van der Waals surface area contributed by atoms with Crippen LogP contribution in [0.4, 0.5) is 5.82 Å². The molecule has 2 aliphatic heterocycles. The number of halogens is 1. The Balaban J connectivity index is 0.905. The van der Waals surface area contributed by atoms with Gasteiger partial charge in [0.1, 0.15) is 12.1 Å². The van der Waals surface area contributed by atoms with Gasteiger partial charge in [0.05, 0.1) is 32.3 Å². The van der Waals surface area contributed by atoms with E-state index in [0.29, 0.717) is 43.8 Å². The molecule has 4 aliphatic rings. The van der Waals surface area contributed by atoms with Crippen molar-refractivity contribution in [2.45, 2.75) is 88.8 Å². The highest BCUT2D eigenvalue weighted by Gasteiger charge is 2.47. The number of hydrogen-bond acceptors (Lipinski definition) is 9. The van der Waals surface area contributed by atoms with Gasteiger partial charge in [-0.2, -0.15) is 5.10 Å². The smallest absolute Gasteiger partial charge is 0.225 e. The summed E-state index contributed by atoms with van der Waals surface area (Å²) in [5.41, 5.74) is 4.27. The molecule has 0 radical (unpaired) electrons. The maximum Gasteiger partial charge on any atom is 0.225 e. The molecule has 2 saturated carbocycles. The molecule has 0 atom stereocenters. The van der Waals surface area contributed by atoms with E-state index in [2.05, 4.69) is 52.5 Å². The number of methoxy groups -OCH3 is 2. The number of fused-ring (bicyclic) bond motifs is 3. The number of rotatable bonds is 11. The normalized spacial score (nSPS) is 21.7. The number of hydrogen-bond donors (Lipinski definition) is 2. The molecule has 0 bridgehead atoms. The quantitative estimate of drug-likeness (QED) is 0.131. The minimum Gasteiger partial charge on any atom is -0.493 e. The highest BCUT2D eigenvalue weighted by atomic mass is 35.5. The number of aromatic nitrogens is 4. The van der Waals surface area contributed by atoms with E-state index < -0.39 is 0 Å². The molecule has 4 heterocycles. The van der Waals surface area contributed by atoms with E-state index in [1.54, 1.807) is 20.5 Å². The van der Waals surface area contributed by atoms with E-state index in [1.807, 2.05) is 35.1 Å². The fraction of sp³-hybridized carbons (Fsp3) is 0.558. The van der Waals surface area contributed by atoms with Crippen LogP contribution in [0.25, 0.3) is 11.0 Å². The summed E-state index contributed by atoms with van der Waals surface area (Å²) < 4.78 is 13.4. The number of piperazine rings is 1. The fourth-order valence-corrected chi connectivity index (χ4v) is 10.3. The third-order valence-corrected chi connectivity index (χ3v) is 13.6. The number of thiocarbonyl (C=S) groups is 1. The molecule has 3 fully saturated rings. The highest BCUT2D eigenvalue weighted by Crippen LogP contribution is 2.50. The Morgan fingerprint density at radius 2 is 1.72 bits per heavy atom. The summed E-state index contributed by atoms with van der Waals surface area (Å²) in [5, 5.41) is 14.1. The fourth-order valence-electron chi connectivity index (χ4n) is 9.84. The van der Waals surface area contributed by atoms with Crippen LogP contribution >= 0.6 is 23.8 Å². The van der Waals surface area contributed by atoms with Gasteiger partial charge < -0.3 is 29.9 Å². The maximum absolute atomic E-state index is 14.2. The molecule has 12 nitrogen and oxygen atoms in total. The van der Waals surface area contributed by atoms with Gasteiger partial charge in [0.15, 0.2) is 22.3 Å². The molecule has 4 aromatic rings. The molecule has 8 rings (SSSR count). The van der Waals surface area contributed by atoms with Crippen molar-refractivity contribution < 1.29 is 14.3 Å². The average Bonchev–Trinajstić information content (AvgIpc) is 3.66. The van der Waals surface area contributed by atoms with Crippen LogP contribution in [-0.4, -0.2) is 107 Å². The van der Waals surface area contributed by atoms with E-state index in [9.17, 15) is 4.79 Å². The summed E-state index contributed by atoms with van der Waals surface area (Å²) in [5.74, 6) is 2.69. The lowest BCUT2D eigenvalue weighted by molar-refractivity contribution is -0.138. The third kappa shape index (κ3) is 8.38. The van der Waals surface area contributed by atoms with Gasteiger partial charge in [-0.1, -0.05) is 49.1 Å². The van der Waals surface area contributed by atoms with Crippen LogP contribution in [0.5, 0.6) is 11.5 Å². The zero-order chi connectivity index (χ0) is 39.4. The van der Waals surface area contributed by atoms with Gasteiger partial charge in [-0.3, -0.25) is 9.69 Å². The van der Waals surface area contributed by atoms with Gasteiger partial charge in [-0.25, -0.2) is 14.6 Å². The largest absolute Gasteiger partial charge is 0.493 e. The lowest BCUT2D eigenvalue weighted by atomic mass is 9.68. The first-order chi connectivity index (χ1) is 27.9. The van der Waals surface area contributed by atoms with E-state index >= 15 is 0 Å². The number of carbonyl (C=O) groups excluding carboxylic acids is 1. The van der Waals surface area contributed by atoms with Crippen molar-refractivity contribution in [2.24, 2.45) is 5.92 Å². The molecule has 2 aromatic carbocycles. The first-order valence-electron chi connectivity index (χ1n) is 20.9. The van der Waals surface area contributed by atoms with Gasteiger partial charge in [-0.05, 0) is 98.5 Å². The molecule has 2 aliphatic carbocycles. The predicted octanol–water partition coefficient (Wildman–Crippen LogP) is 6.32. The van der Waals surface area contributed by atoms with Crippen LogP contribution in [0.1, 0.15) is 80.9 Å². The second kappa shape index (κ2) is 17.7. The lowest BCUT2D eigenvalue weighted by Gasteiger charge is -2.52. The summed E-state index contributed by atoms with van der Waals surface area (Å²) >= 11 is 12.1. The Bertz CT molecular complexity index is 2040. The van der Waals surface area contributed by atoms with Gasteiger partial charge in [0, 0.05) is 68.3 Å². The van der Waals surface area contributed by atoms with Crippen molar-refractivity contribution in [3.05, 3.63) is 70.6 Å². The number of nitrogens with one attached hydrogen (secondary N) is 2.